The van der Waals surface area contributed by atoms with Crippen LogP contribution >= 0.6 is 0 Å². The molecule has 0 bridgehead atoms. The topological polar surface area (TPSA) is 82.4 Å². The number of amides is 1. The standard InChI is InChI=1S/C17H23N5O3/c1-24-13-7-8-14(16(11-13)25-2)15-5-3-10-22(15)17(23)6-4-9-21-12-18-19-20-21/h7-8,11-12,15H,3-6,9-10H2,1-2H3/t15-/m0/s1. The smallest absolute Gasteiger partial charge is 0.223 e. The van der Waals surface area contributed by atoms with Crippen molar-refractivity contribution < 1.29 is 14.3 Å². The molecule has 1 atom stereocenters. The molecule has 1 aliphatic heterocycles. The average molecular weight is 345 g/mol. The number of carbonyl (C=O) groups excluding carboxylic acids is 1. The number of tetrazole rings is 1. The molecule has 0 saturated carbocycles. The van der Waals surface area contributed by atoms with Crippen LogP contribution in [0.3, 0.4) is 0 Å². The van der Waals surface area contributed by atoms with Gasteiger partial charge >= 0.3 is 0 Å². The first-order valence-electron chi connectivity index (χ1n) is 8.45. The lowest BCUT2D eigenvalue weighted by molar-refractivity contribution is -0.132. The van der Waals surface area contributed by atoms with Crippen LogP contribution in [0.5, 0.6) is 11.5 Å². The van der Waals surface area contributed by atoms with Crippen molar-refractivity contribution in [2.45, 2.75) is 38.3 Å². The number of ether oxygens (including phenoxy) is 2. The number of hydrogen-bond donors (Lipinski definition) is 0. The van der Waals surface area contributed by atoms with E-state index in [2.05, 4.69) is 15.5 Å². The molecule has 25 heavy (non-hydrogen) atoms. The van der Waals surface area contributed by atoms with Gasteiger partial charge in [0.2, 0.25) is 5.91 Å². The summed E-state index contributed by atoms with van der Waals surface area (Å²) in [5.74, 6) is 1.67. The van der Waals surface area contributed by atoms with Crippen LogP contribution in [0.1, 0.15) is 37.3 Å². The second-order valence-corrected chi connectivity index (χ2v) is 6.03. The van der Waals surface area contributed by atoms with Crippen LogP contribution in [0.15, 0.2) is 24.5 Å². The second kappa shape index (κ2) is 7.96. The molecule has 134 valence electrons. The lowest BCUT2D eigenvalue weighted by Crippen LogP contribution is -2.30. The summed E-state index contributed by atoms with van der Waals surface area (Å²) < 4.78 is 12.4. The molecule has 1 fully saturated rings. The average Bonchev–Trinajstić information content (AvgIpc) is 3.32. The van der Waals surface area contributed by atoms with E-state index in [1.165, 1.54) is 0 Å². The van der Waals surface area contributed by atoms with E-state index in [9.17, 15) is 4.79 Å². The van der Waals surface area contributed by atoms with E-state index in [1.807, 2.05) is 23.1 Å². The number of aromatic nitrogens is 4. The summed E-state index contributed by atoms with van der Waals surface area (Å²) in [4.78, 5) is 14.6. The van der Waals surface area contributed by atoms with Crippen molar-refractivity contribution in [1.82, 2.24) is 25.1 Å². The van der Waals surface area contributed by atoms with Crippen LogP contribution in [0.4, 0.5) is 0 Å². The molecular formula is C17H23N5O3. The fourth-order valence-corrected chi connectivity index (χ4v) is 3.30. The lowest BCUT2D eigenvalue weighted by Gasteiger charge is -2.26. The van der Waals surface area contributed by atoms with Crippen molar-refractivity contribution in [3.05, 3.63) is 30.1 Å². The molecule has 0 N–H and O–H groups in total. The first-order valence-corrected chi connectivity index (χ1v) is 8.45. The molecular weight excluding hydrogens is 322 g/mol. The maximum absolute atomic E-state index is 12.7. The normalized spacial score (nSPS) is 16.9. The van der Waals surface area contributed by atoms with E-state index in [4.69, 9.17) is 9.47 Å². The summed E-state index contributed by atoms with van der Waals surface area (Å²) in [7, 11) is 3.27. The predicted molar refractivity (Wildman–Crippen MR) is 90.3 cm³/mol. The van der Waals surface area contributed by atoms with Crippen LogP contribution in [-0.2, 0) is 11.3 Å². The van der Waals surface area contributed by atoms with Gasteiger partial charge in [0.25, 0.3) is 0 Å². The zero-order valence-corrected chi connectivity index (χ0v) is 14.6. The Morgan fingerprint density at radius 2 is 2.20 bits per heavy atom. The van der Waals surface area contributed by atoms with Crippen molar-refractivity contribution in [3.63, 3.8) is 0 Å². The largest absolute Gasteiger partial charge is 0.497 e. The van der Waals surface area contributed by atoms with Gasteiger partial charge in [0.05, 0.1) is 20.3 Å². The van der Waals surface area contributed by atoms with E-state index in [1.54, 1.807) is 25.2 Å². The number of carbonyl (C=O) groups is 1. The van der Waals surface area contributed by atoms with Crippen molar-refractivity contribution in [2.24, 2.45) is 0 Å². The van der Waals surface area contributed by atoms with E-state index in [-0.39, 0.29) is 11.9 Å². The Labute approximate surface area is 146 Å². The van der Waals surface area contributed by atoms with Gasteiger partial charge in [-0.05, 0) is 41.8 Å². The summed E-state index contributed by atoms with van der Waals surface area (Å²) in [6.07, 6.45) is 4.70. The van der Waals surface area contributed by atoms with Gasteiger partial charge in [-0.15, -0.1) is 5.10 Å². The number of nitrogens with zero attached hydrogens (tertiary/aromatic N) is 5. The van der Waals surface area contributed by atoms with E-state index in [0.717, 1.165) is 36.4 Å². The molecule has 2 aromatic rings. The number of likely N-dealkylation sites (tertiary alicyclic amines) is 1. The Morgan fingerprint density at radius 3 is 2.92 bits per heavy atom. The number of hydrogen-bond acceptors (Lipinski definition) is 6. The summed E-state index contributed by atoms with van der Waals surface area (Å²) in [5, 5.41) is 11.0. The highest BCUT2D eigenvalue weighted by atomic mass is 16.5. The molecule has 0 spiro atoms. The molecule has 1 aliphatic rings. The van der Waals surface area contributed by atoms with Crippen molar-refractivity contribution in [3.8, 4) is 11.5 Å². The monoisotopic (exact) mass is 345 g/mol. The second-order valence-electron chi connectivity index (χ2n) is 6.03. The van der Waals surface area contributed by atoms with E-state index < -0.39 is 0 Å². The van der Waals surface area contributed by atoms with Crippen LogP contribution in [0.25, 0.3) is 0 Å². The minimum absolute atomic E-state index is 0.0568. The third-order valence-corrected chi connectivity index (χ3v) is 4.54. The quantitative estimate of drug-likeness (QED) is 0.761. The van der Waals surface area contributed by atoms with Gasteiger partial charge in [-0.3, -0.25) is 4.79 Å². The Morgan fingerprint density at radius 1 is 1.32 bits per heavy atom. The van der Waals surface area contributed by atoms with Crippen LogP contribution in [-0.4, -0.2) is 51.8 Å². The number of aryl methyl sites for hydroxylation is 1. The highest BCUT2D eigenvalue weighted by molar-refractivity contribution is 5.77. The van der Waals surface area contributed by atoms with Crippen molar-refractivity contribution in [2.75, 3.05) is 20.8 Å². The molecule has 0 unspecified atom stereocenters. The molecule has 1 aromatic carbocycles. The lowest BCUT2D eigenvalue weighted by atomic mass is 10.0. The highest BCUT2D eigenvalue weighted by Crippen LogP contribution is 2.39. The molecule has 1 saturated heterocycles. The fraction of sp³-hybridized carbons (Fsp3) is 0.529. The zero-order chi connectivity index (χ0) is 17.6. The molecule has 3 rings (SSSR count). The van der Waals surface area contributed by atoms with E-state index in [0.29, 0.717) is 19.4 Å². The summed E-state index contributed by atoms with van der Waals surface area (Å²) in [5.41, 5.74) is 1.04. The molecule has 8 nitrogen and oxygen atoms in total. The van der Waals surface area contributed by atoms with Gasteiger partial charge in [-0.2, -0.15) is 0 Å². The Kier molecular flexibility index (Phi) is 5.47. The molecule has 1 amide bonds. The van der Waals surface area contributed by atoms with Crippen LogP contribution in [0.2, 0.25) is 0 Å². The van der Waals surface area contributed by atoms with E-state index >= 15 is 0 Å². The maximum atomic E-state index is 12.7. The minimum Gasteiger partial charge on any atom is -0.497 e. The van der Waals surface area contributed by atoms with Gasteiger partial charge < -0.3 is 14.4 Å². The third kappa shape index (κ3) is 3.89. The third-order valence-electron chi connectivity index (χ3n) is 4.54. The van der Waals surface area contributed by atoms with Crippen molar-refractivity contribution in [1.29, 1.82) is 0 Å². The summed E-state index contributed by atoms with van der Waals surface area (Å²) >= 11 is 0. The summed E-state index contributed by atoms with van der Waals surface area (Å²) in [6.45, 7) is 1.42. The predicted octanol–water partition coefficient (Wildman–Crippen LogP) is 1.83. The Bertz CT molecular complexity index is 704. The number of benzene rings is 1. The van der Waals surface area contributed by atoms with Gasteiger partial charge in [-0.1, -0.05) is 0 Å². The van der Waals surface area contributed by atoms with Gasteiger partial charge in [0, 0.05) is 31.1 Å². The molecule has 0 aliphatic carbocycles. The first-order chi connectivity index (χ1) is 12.2. The summed E-state index contributed by atoms with van der Waals surface area (Å²) in [6, 6.07) is 5.83. The first kappa shape index (κ1) is 17.2. The minimum atomic E-state index is 0.0568. The van der Waals surface area contributed by atoms with Gasteiger partial charge in [-0.25, -0.2) is 4.68 Å². The van der Waals surface area contributed by atoms with Crippen molar-refractivity contribution >= 4 is 5.91 Å². The van der Waals surface area contributed by atoms with Crippen LogP contribution < -0.4 is 9.47 Å². The van der Waals surface area contributed by atoms with Crippen LogP contribution in [0, 0.1) is 0 Å². The fourth-order valence-electron chi connectivity index (χ4n) is 3.30. The zero-order valence-electron chi connectivity index (χ0n) is 14.6. The SMILES string of the molecule is COc1ccc([C@@H]2CCCN2C(=O)CCCn2cnnn2)c(OC)c1. The number of methoxy groups -OCH3 is 2. The van der Waals surface area contributed by atoms with Gasteiger partial charge in [0.15, 0.2) is 0 Å². The Hall–Kier alpha value is -2.64. The highest BCUT2D eigenvalue weighted by Gasteiger charge is 2.31. The number of rotatable bonds is 7. The molecule has 8 heteroatoms. The maximum Gasteiger partial charge on any atom is 0.223 e. The Balaban J connectivity index is 1.66. The molecule has 2 heterocycles. The molecule has 1 aromatic heterocycles. The van der Waals surface area contributed by atoms with Gasteiger partial charge in [0.1, 0.15) is 17.8 Å². The molecule has 0 radical (unpaired) electrons.